The number of rotatable bonds is 11. The van der Waals surface area contributed by atoms with Gasteiger partial charge in [0.15, 0.2) is 5.71 Å². The van der Waals surface area contributed by atoms with E-state index in [-0.39, 0.29) is 10.8 Å². The summed E-state index contributed by atoms with van der Waals surface area (Å²) in [5, 5.41) is 9.57. The average Bonchev–Trinajstić information content (AvgIpc) is 3.84. The molecule has 0 fully saturated rings. The third-order valence-corrected chi connectivity index (χ3v) is 11.7. The normalized spacial score (nSPS) is 18.7. The number of para-hydroxylation sites is 3. The molecule has 284 valence electrons. The molecule has 56 heavy (non-hydrogen) atoms. The first-order valence-corrected chi connectivity index (χ1v) is 20.4. The molecule has 0 N–H and O–H groups in total. The van der Waals surface area contributed by atoms with E-state index in [1.807, 2.05) is 47.1 Å². The van der Waals surface area contributed by atoms with E-state index >= 15 is 0 Å². The van der Waals surface area contributed by atoms with E-state index in [1.54, 1.807) is 0 Å². The lowest BCUT2D eigenvalue weighted by Gasteiger charge is -2.27. The van der Waals surface area contributed by atoms with Crippen molar-refractivity contribution in [1.29, 1.82) is 0 Å². The van der Waals surface area contributed by atoms with Gasteiger partial charge >= 0.3 is 0 Å². The summed E-state index contributed by atoms with van der Waals surface area (Å²) in [6.45, 7) is 15.9. The van der Waals surface area contributed by atoms with E-state index in [0.717, 1.165) is 73.6 Å². The Kier molecular flexibility index (Phi) is 10.2. The molecule has 0 radical (unpaired) electrons. The van der Waals surface area contributed by atoms with Gasteiger partial charge < -0.3 is 9.64 Å². The van der Waals surface area contributed by atoms with E-state index in [2.05, 4.69) is 142 Å². The minimum atomic E-state index is -0.108. The standard InChI is InChI=1S/C50H54N5O/c1-7-33-53-44-23-14-12-21-41(44)49(3,4)46(53)31-27-37-17-16-18-38(28-32-47-50(5,6)42-22-13-15-24-45(42)54(47)34-8-2)48(37)55-35-43(51-52-55)36-25-29-40(30-26-36)56-39-19-10-9-11-20-39/h9-15,19-32,35H,7-8,16-18,33-34H2,1-6H3/q+1. The fourth-order valence-electron chi connectivity index (χ4n) is 8.92. The van der Waals surface area contributed by atoms with Crippen LogP contribution in [0.2, 0.25) is 0 Å². The second kappa shape index (κ2) is 15.4. The van der Waals surface area contributed by atoms with Crippen molar-refractivity contribution in [3.8, 4) is 22.8 Å². The van der Waals surface area contributed by atoms with Crippen LogP contribution < -0.4 is 9.64 Å². The van der Waals surface area contributed by atoms with Crippen LogP contribution in [0.25, 0.3) is 17.0 Å². The monoisotopic (exact) mass is 740 g/mol. The average molecular weight is 741 g/mol. The molecular formula is C50H54N5O+. The zero-order chi connectivity index (χ0) is 38.9. The SMILES string of the molecule is CCCN1/C(=C/C=C2\CCCC(/C=C/C3=[N+](CCC)c4ccccc4C3(C)C)=C2n2cc(-c3ccc(Oc4ccccc4)cc3)nn2)C(C)(C)c2ccccc21. The van der Waals surface area contributed by atoms with Crippen molar-refractivity contribution in [2.24, 2.45) is 0 Å². The Hall–Kier alpha value is -5.75. The predicted molar refractivity (Wildman–Crippen MR) is 231 cm³/mol. The molecule has 1 aromatic heterocycles. The van der Waals surface area contributed by atoms with Crippen molar-refractivity contribution in [2.75, 3.05) is 18.0 Å². The first kappa shape index (κ1) is 37.2. The van der Waals surface area contributed by atoms with Crippen molar-refractivity contribution in [2.45, 2.75) is 84.5 Å². The third kappa shape index (κ3) is 6.87. The minimum Gasteiger partial charge on any atom is -0.457 e. The van der Waals surface area contributed by atoms with Gasteiger partial charge in [-0.2, -0.15) is 4.58 Å². The first-order valence-electron chi connectivity index (χ1n) is 20.4. The van der Waals surface area contributed by atoms with Crippen LogP contribution >= 0.6 is 0 Å². The van der Waals surface area contributed by atoms with Gasteiger partial charge in [-0.3, -0.25) is 0 Å². The summed E-state index contributed by atoms with van der Waals surface area (Å²) >= 11 is 0. The highest BCUT2D eigenvalue weighted by Crippen LogP contribution is 2.48. The first-order chi connectivity index (χ1) is 27.2. The number of nitrogens with zero attached hydrogens (tertiary/aromatic N) is 5. The summed E-state index contributed by atoms with van der Waals surface area (Å²) in [4.78, 5) is 2.52. The molecule has 0 bridgehead atoms. The number of benzene rings is 4. The Morgan fingerprint density at radius 2 is 1.45 bits per heavy atom. The van der Waals surface area contributed by atoms with Gasteiger partial charge in [0.1, 0.15) is 23.7 Å². The Balaban J connectivity index is 1.21. The molecule has 0 unspecified atom stereocenters. The van der Waals surface area contributed by atoms with Gasteiger partial charge in [-0.1, -0.05) is 99.7 Å². The second-order valence-corrected chi connectivity index (χ2v) is 16.3. The lowest BCUT2D eigenvalue weighted by Crippen LogP contribution is -2.28. The maximum Gasteiger partial charge on any atom is 0.209 e. The molecule has 2 aliphatic heterocycles. The lowest BCUT2D eigenvalue weighted by molar-refractivity contribution is -0.437. The fraction of sp³-hybridized carbons (Fsp3) is 0.300. The molecule has 0 atom stereocenters. The highest BCUT2D eigenvalue weighted by molar-refractivity contribution is 6.03. The van der Waals surface area contributed by atoms with Crippen molar-refractivity contribution in [3.63, 3.8) is 0 Å². The van der Waals surface area contributed by atoms with Crippen LogP contribution in [-0.4, -0.2) is 38.4 Å². The van der Waals surface area contributed by atoms with Crippen molar-refractivity contribution < 1.29 is 9.31 Å². The van der Waals surface area contributed by atoms with E-state index in [4.69, 9.17) is 15.0 Å². The van der Waals surface area contributed by atoms with E-state index in [9.17, 15) is 0 Å². The molecular weight excluding hydrogens is 687 g/mol. The van der Waals surface area contributed by atoms with Gasteiger partial charge in [0.2, 0.25) is 5.69 Å². The fourth-order valence-corrected chi connectivity index (χ4v) is 8.92. The highest BCUT2D eigenvalue weighted by atomic mass is 16.5. The Morgan fingerprint density at radius 3 is 2.21 bits per heavy atom. The molecule has 3 aliphatic rings. The quantitative estimate of drug-likeness (QED) is 0.127. The number of fused-ring (bicyclic) bond motifs is 2. The Morgan fingerprint density at radius 1 is 0.732 bits per heavy atom. The van der Waals surface area contributed by atoms with Gasteiger partial charge in [-0.05, 0) is 105 Å². The van der Waals surface area contributed by atoms with Crippen LogP contribution in [0, 0.1) is 0 Å². The zero-order valence-corrected chi connectivity index (χ0v) is 33.8. The van der Waals surface area contributed by atoms with Crippen LogP contribution in [0.4, 0.5) is 11.4 Å². The smallest absolute Gasteiger partial charge is 0.209 e. The number of hydrogen-bond acceptors (Lipinski definition) is 4. The highest BCUT2D eigenvalue weighted by Gasteiger charge is 2.44. The van der Waals surface area contributed by atoms with Crippen molar-refractivity contribution >= 4 is 22.8 Å². The molecule has 3 heterocycles. The van der Waals surface area contributed by atoms with Crippen LogP contribution in [0.5, 0.6) is 11.5 Å². The largest absolute Gasteiger partial charge is 0.457 e. The molecule has 0 saturated carbocycles. The predicted octanol–water partition coefficient (Wildman–Crippen LogP) is 12.2. The van der Waals surface area contributed by atoms with Gasteiger partial charge in [0, 0.05) is 53.0 Å². The lowest BCUT2D eigenvalue weighted by atomic mass is 9.81. The third-order valence-electron chi connectivity index (χ3n) is 11.7. The molecule has 0 amide bonds. The van der Waals surface area contributed by atoms with E-state index < -0.39 is 0 Å². The van der Waals surface area contributed by atoms with Crippen molar-refractivity contribution in [3.05, 3.63) is 162 Å². The molecule has 5 aromatic rings. The minimum absolute atomic E-state index is 0.108. The van der Waals surface area contributed by atoms with Gasteiger partial charge in [-0.25, -0.2) is 4.68 Å². The molecule has 8 rings (SSSR count). The maximum absolute atomic E-state index is 6.07. The van der Waals surface area contributed by atoms with Crippen molar-refractivity contribution in [1.82, 2.24) is 15.0 Å². The van der Waals surface area contributed by atoms with Crippen LogP contribution in [0.1, 0.15) is 84.8 Å². The number of allylic oxidation sites excluding steroid dienone is 8. The molecule has 0 spiro atoms. The van der Waals surface area contributed by atoms with E-state index in [1.165, 1.54) is 45.1 Å². The summed E-state index contributed by atoms with van der Waals surface area (Å²) < 4.78 is 10.6. The number of anilines is 1. The molecule has 4 aromatic carbocycles. The summed E-state index contributed by atoms with van der Waals surface area (Å²) in [7, 11) is 0. The Bertz CT molecular complexity index is 2390. The van der Waals surface area contributed by atoms with E-state index in [0.29, 0.717) is 0 Å². The Labute approximate surface area is 332 Å². The van der Waals surface area contributed by atoms with Crippen LogP contribution in [-0.2, 0) is 10.8 Å². The van der Waals surface area contributed by atoms with Gasteiger partial charge in [0.05, 0.1) is 17.3 Å². The number of ether oxygens (including phenoxy) is 1. The molecule has 1 aliphatic carbocycles. The second-order valence-electron chi connectivity index (χ2n) is 16.3. The van der Waals surface area contributed by atoms with Gasteiger partial charge in [-0.15, -0.1) is 5.10 Å². The molecule has 6 nitrogen and oxygen atoms in total. The summed E-state index contributed by atoms with van der Waals surface area (Å²) in [6, 6.07) is 35.8. The van der Waals surface area contributed by atoms with Gasteiger partial charge in [0.25, 0.3) is 0 Å². The zero-order valence-electron chi connectivity index (χ0n) is 33.8. The summed E-state index contributed by atoms with van der Waals surface area (Å²) in [5.41, 5.74) is 13.4. The van der Waals surface area contributed by atoms with Crippen LogP contribution in [0.3, 0.4) is 0 Å². The summed E-state index contributed by atoms with van der Waals surface area (Å²) in [6.07, 6.45) is 16.8. The number of aromatic nitrogens is 3. The number of hydrogen-bond donors (Lipinski definition) is 0. The summed E-state index contributed by atoms with van der Waals surface area (Å²) in [5.74, 6) is 1.60. The molecule has 6 heteroatoms. The van der Waals surface area contributed by atoms with Crippen LogP contribution in [0.15, 0.2) is 150 Å². The topological polar surface area (TPSA) is 46.2 Å². The maximum atomic E-state index is 6.07. The molecule has 0 saturated heterocycles.